The molecule has 0 N–H and O–H groups in total. The van der Waals surface area contributed by atoms with Crippen LogP contribution in [0.25, 0.3) is 21.8 Å². The maximum absolute atomic E-state index is 4.40. The topological polar surface area (TPSA) is 25.8 Å². The van der Waals surface area contributed by atoms with Crippen LogP contribution in [0.3, 0.4) is 0 Å². The van der Waals surface area contributed by atoms with Crippen LogP contribution in [0.15, 0.2) is 73.1 Å². The molecule has 0 saturated carbocycles. The normalized spacial score (nSPS) is 11.0. The number of hydrogen-bond acceptors (Lipinski definition) is 2. The summed E-state index contributed by atoms with van der Waals surface area (Å²) in [5.41, 5.74) is 4.83. The number of hydrogen-bond donors (Lipinski definition) is 0. The molecule has 2 aromatic heterocycles. The third kappa shape index (κ3) is 4.26. The van der Waals surface area contributed by atoms with Gasteiger partial charge in [0, 0.05) is 23.2 Å². The van der Waals surface area contributed by atoms with Gasteiger partial charge in [0.15, 0.2) is 0 Å². The van der Waals surface area contributed by atoms with E-state index in [4.69, 9.17) is 0 Å². The first-order valence-corrected chi connectivity index (χ1v) is 9.24. The largest absolute Gasteiger partial charge is 0.256 e. The summed E-state index contributed by atoms with van der Waals surface area (Å²) < 4.78 is 0. The quantitative estimate of drug-likeness (QED) is 0.404. The number of aromatic nitrogens is 2. The number of pyridine rings is 2. The highest BCUT2D eigenvalue weighted by atomic mass is 14.6. The van der Waals surface area contributed by atoms with Gasteiger partial charge in [0.25, 0.3) is 0 Å². The van der Waals surface area contributed by atoms with Crippen LogP contribution in [0.2, 0.25) is 0 Å². The van der Waals surface area contributed by atoms with Gasteiger partial charge < -0.3 is 0 Å². The van der Waals surface area contributed by atoms with E-state index < -0.39 is 0 Å². The first-order valence-electron chi connectivity index (χ1n) is 9.24. The van der Waals surface area contributed by atoms with Crippen molar-refractivity contribution in [3.8, 4) is 0 Å². The Hall–Kier alpha value is -2.74. The van der Waals surface area contributed by atoms with E-state index in [1.165, 1.54) is 21.9 Å². The van der Waals surface area contributed by atoms with Gasteiger partial charge in [-0.15, -0.1) is 0 Å². The predicted molar refractivity (Wildman–Crippen MR) is 112 cm³/mol. The molecular formula is C24H26N2. The molecule has 4 rings (SSSR count). The summed E-state index contributed by atoms with van der Waals surface area (Å²) in [5.74, 6) is 1.14. The van der Waals surface area contributed by atoms with Crippen molar-refractivity contribution >= 4 is 21.8 Å². The fraction of sp³-hybridized carbons (Fsp3) is 0.250. The third-order valence-electron chi connectivity index (χ3n) is 4.57. The standard InChI is InChI=1S/2C12H13N/c1-9(2)10-5-6-12-11(8-10)4-3-7-13-12;1-9(2)11-7-10-5-3-4-6-12(10)13-8-11/h2*3-9H,1-2H3. The van der Waals surface area contributed by atoms with E-state index in [1.807, 2.05) is 36.7 Å². The van der Waals surface area contributed by atoms with Crippen LogP contribution in [-0.2, 0) is 0 Å². The Bertz CT molecular complexity index is 920. The molecule has 0 radical (unpaired) electrons. The van der Waals surface area contributed by atoms with Crippen molar-refractivity contribution < 1.29 is 0 Å². The summed E-state index contributed by atoms with van der Waals surface area (Å²) in [4.78, 5) is 8.68. The highest BCUT2D eigenvalue weighted by molar-refractivity contribution is 5.79. The van der Waals surface area contributed by atoms with Gasteiger partial charge in [-0.3, -0.25) is 9.97 Å². The van der Waals surface area contributed by atoms with Gasteiger partial charge in [-0.1, -0.05) is 58.0 Å². The van der Waals surface area contributed by atoms with Crippen molar-refractivity contribution in [1.82, 2.24) is 9.97 Å². The zero-order valence-electron chi connectivity index (χ0n) is 16.0. The molecule has 4 aromatic rings. The summed E-state index contributed by atoms with van der Waals surface area (Å²) in [6.07, 6.45) is 3.80. The number of rotatable bonds is 2. The molecule has 0 saturated heterocycles. The SMILES string of the molecule is CC(C)c1ccc2ncccc2c1.CC(C)c1cnc2ccccc2c1. The fourth-order valence-corrected chi connectivity index (χ4v) is 2.86. The average Bonchev–Trinajstić information content (AvgIpc) is 2.67. The number of fused-ring (bicyclic) bond motifs is 2. The Morgan fingerprint density at radius 2 is 1.23 bits per heavy atom. The second kappa shape index (κ2) is 8.09. The van der Waals surface area contributed by atoms with Gasteiger partial charge in [-0.2, -0.15) is 0 Å². The van der Waals surface area contributed by atoms with Crippen molar-refractivity contribution in [2.45, 2.75) is 39.5 Å². The summed E-state index contributed by atoms with van der Waals surface area (Å²) in [5, 5.41) is 2.46. The molecule has 0 fully saturated rings. The van der Waals surface area contributed by atoms with Crippen LogP contribution in [0, 0.1) is 0 Å². The zero-order chi connectivity index (χ0) is 18.5. The summed E-state index contributed by atoms with van der Waals surface area (Å²) >= 11 is 0. The highest BCUT2D eigenvalue weighted by Crippen LogP contribution is 2.20. The van der Waals surface area contributed by atoms with E-state index in [1.54, 1.807) is 0 Å². The average molecular weight is 342 g/mol. The molecule has 2 heterocycles. The Morgan fingerprint density at radius 1 is 0.615 bits per heavy atom. The van der Waals surface area contributed by atoms with Crippen LogP contribution in [0.5, 0.6) is 0 Å². The molecule has 0 amide bonds. The lowest BCUT2D eigenvalue weighted by molar-refractivity contribution is 0.862. The molecular weight excluding hydrogens is 316 g/mol. The lowest BCUT2D eigenvalue weighted by atomic mass is 10.0. The number of benzene rings is 2. The highest BCUT2D eigenvalue weighted by Gasteiger charge is 2.01. The van der Waals surface area contributed by atoms with Crippen LogP contribution >= 0.6 is 0 Å². The second-order valence-corrected chi connectivity index (χ2v) is 7.23. The molecule has 0 aliphatic rings. The Morgan fingerprint density at radius 3 is 1.96 bits per heavy atom. The minimum absolute atomic E-state index is 0.553. The number of para-hydroxylation sites is 1. The second-order valence-electron chi connectivity index (χ2n) is 7.23. The van der Waals surface area contributed by atoms with Crippen LogP contribution in [0.1, 0.15) is 50.7 Å². The van der Waals surface area contributed by atoms with E-state index in [9.17, 15) is 0 Å². The first kappa shape index (κ1) is 18.1. The van der Waals surface area contributed by atoms with Gasteiger partial charge in [0.1, 0.15) is 0 Å². The lowest BCUT2D eigenvalue weighted by Crippen LogP contribution is -1.88. The Kier molecular flexibility index (Phi) is 5.62. The molecule has 0 spiro atoms. The van der Waals surface area contributed by atoms with Crippen molar-refractivity contribution in [2.24, 2.45) is 0 Å². The van der Waals surface area contributed by atoms with Gasteiger partial charge >= 0.3 is 0 Å². The minimum Gasteiger partial charge on any atom is -0.256 e. The molecule has 26 heavy (non-hydrogen) atoms. The van der Waals surface area contributed by atoms with E-state index in [0.717, 1.165) is 11.0 Å². The molecule has 2 heteroatoms. The van der Waals surface area contributed by atoms with Crippen LogP contribution < -0.4 is 0 Å². The van der Waals surface area contributed by atoms with Gasteiger partial charge in [0.2, 0.25) is 0 Å². The zero-order valence-corrected chi connectivity index (χ0v) is 16.0. The summed E-state index contributed by atoms with van der Waals surface area (Å²) in [6, 6.07) is 21.0. The fourth-order valence-electron chi connectivity index (χ4n) is 2.86. The summed E-state index contributed by atoms with van der Waals surface area (Å²) in [7, 11) is 0. The monoisotopic (exact) mass is 342 g/mol. The van der Waals surface area contributed by atoms with Crippen molar-refractivity contribution in [3.05, 3.63) is 84.2 Å². The van der Waals surface area contributed by atoms with E-state index >= 15 is 0 Å². The van der Waals surface area contributed by atoms with Crippen LogP contribution in [0.4, 0.5) is 0 Å². The van der Waals surface area contributed by atoms with Crippen molar-refractivity contribution in [3.63, 3.8) is 0 Å². The summed E-state index contributed by atoms with van der Waals surface area (Å²) in [6.45, 7) is 8.78. The molecule has 0 bridgehead atoms. The molecule has 2 aromatic carbocycles. The smallest absolute Gasteiger partial charge is 0.0702 e. The predicted octanol–water partition coefficient (Wildman–Crippen LogP) is 6.72. The molecule has 2 nitrogen and oxygen atoms in total. The van der Waals surface area contributed by atoms with Gasteiger partial charge in [-0.05, 0) is 53.3 Å². The van der Waals surface area contributed by atoms with Crippen molar-refractivity contribution in [2.75, 3.05) is 0 Å². The lowest BCUT2D eigenvalue weighted by Gasteiger charge is -2.05. The minimum atomic E-state index is 0.553. The molecule has 0 unspecified atom stereocenters. The maximum atomic E-state index is 4.40. The van der Waals surface area contributed by atoms with E-state index in [-0.39, 0.29) is 0 Å². The van der Waals surface area contributed by atoms with Gasteiger partial charge in [-0.25, -0.2) is 0 Å². The first-order chi connectivity index (χ1) is 12.5. The number of nitrogens with zero attached hydrogens (tertiary/aromatic N) is 2. The Balaban J connectivity index is 0.000000151. The maximum Gasteiger partial charge on any atom is 0.0702 e. The van der Waals surface area contributed by atoms with Gasteiger partial charge in [0.05, 0.1) is 11.0 Å². The molecule has 0 atom stereocenters. The van der Waals surface area contributed by atoms with Crippen molar-refractivity contribution in [1.29, 1.82) is 0 Å². The third-order valence-corrected chi connectivity index (χ3v) is 4.57. The van der Waals surface area contributed by atoms with E-state index in [2.05, 4.69) is 74.1 Å². The molecule has 0 aliphatic heterocycles. The Labute approximate surface area is 155 Å². The molecule has 0 aliphatic carbocycles. The van der Waals surface area contributed by atoms with Crippen LogP contribution in [-0.4, -0.2) is 9.97 Å². The molecule has 132 valence electrons. The van der Waals surface area contributed by atoms with E-state index in [0.29, 0.717) is 11.8 Å².